The summed E-state index contributed by atoms with van der Waals surface area (Å²) in [4.78, 5) is 22.0. The van der Waals surface area contributed by atoms with Crippen LogP contribution in [0.5, 0.6) is 0 Å². The highest BCUT2D eigenvalue weighted by Gasteiger charge is 2.48. The van der Waals surface area contributed by atoms with Gasteiger partial charge >= 0.3 is 11.9 Å². The fourth-order valence-corrected chi connectivity index (χ4v) is 1.88. The molecular weight excluding hydrogens is 200 g/mol. The zero-order valence-electron chi connectivity index (χ0n) is 8.43. The van der Waals surface area contributed by atoms with Crippen LogP contribution in [0, 0.1) is 10.8 Å². The normalized spacial score (nSPS) is 35.1. The fraction of sp³-hybridized carbons (Fsp3) is 0.600. The van der Waals surface area contributed by atoms with E-state index in [-0.39, 0.29) is 12.8 Å². The maximum Gasteiger partial charge on any atom is 0.313 e. The van der Waals surface area contributed by atoms with Crippen LogP contribution in [0.2, 0.25) is 0 Å². The van der Waals surface area contributed by atoms with Crippen molar-refractivity contribution in [1.82, 2.24) is 0 Å². The Balaban J connectivity index is 3.06. The molecule has 2 unspecified atom stereocenters. The van der Waals surface area contributed by atoms with Crippen molar-refractivity contribution in [2.75, 3.05) is 6.61 Å². The van der Waals surface area contributed by atoms with E-state index in [1.807, 2.05) is 0 Å². The summed E-state index contributed by atoms with van der Waals surface area (Å²) < 4.78 is 0. The van der Waals surface area contributed by atoms with Crippen molar-refractivity contribution < 1.29 is 24.9 Å². The third-order valence-electron chi connectivity index (χ3n) is 2.94. The van der Waals surface area contributed by atoms with Crippen molar-refractivity contribution in [2.45, 2.75) is 19.8 Å². The highest BCUT2D eigenvalue weighted by atomic mass is 16.4. The number of carboxylic acids is 2. The lowest BCUT2D eigenvalue weighted by Gasteiger charge is -2.36. The predicted octanol–water partition coefficient (Wildman–Crippen LogP) is 0.491. The quantitative estimate of drug-likeness (QED) is 0.594. The molecule has 0 saturated carbocycles. The first kappa shape index (κ1) is 11.7. The van der Waals surface area contributed by atoms with Gasteiger partial charge in [-0.15, -0.1) is 0 Å². The van der Waals surface area contributed by atoms with Crippen LogP contribution in [0.4, 0.5) is 0 Å². The number of carbonyl (C=O) groups is 2. The zero-order valence-corrected chi connectivity index (χ0v) is 8.43. The highest BCUT2D eigenvalue weighted by molar-refractivity contribution is 5.81. The van der Waals surface area contributed by atoms with E-state index in [1.54, 1.807) is 0 Å². The second-order valence-electron chi connectivity index (χ2n) is 4.25. The fourth-order valence-electron chi connectivity index (χ4n) is 1.88. The van der Waals surface area contributed by atoms with Gasteiger partial charge in [-0.2, -0.15) is 0 Å². The van der Waals surface area contributed by atoms with Gasteiger partial charge in [-0.3, -0.25) is 9.59 Å². The van der Waals surface area contributed by atoms with Crippen molar-refractivity contribution in [3.63, 3.8) is 0 Å². The SMILES string of the molecule is CC1(C(=O)O)C=CCC(CO)(C(=O)O)C1. The molecule has 0 heterocycles. The van der Waals surface area contributed by atoms with Gasteiger partial charge in [0.15, 0.2) is 0 Å². The van der Waals surface area contributed by atoms with Crippen LogP contribution in [0.25, 0.3) is 0 Å². The molecule has 0 aromatic heterocycles. The van der Waals surface area contributed by atoms with Crippen molar-refractivity contribution in [3.8, 4) is 0 Å². The number of hydrogen-bond acceptors (Lipinski definition) is 3. The smallest absolute Gasteiger partial charge is 0.313 e. The van der Waals surface area contributed by atoms with E-state index in [2.05, 4.69) is 0 Å². The Labute approximate surface area is 87.0 Å². The van der Waals surface area contributed by atoms with Crippen LogP contribution in [0.1, 0.15) is 19.8 Å². The van der Waals surface area contributed by atoms with Gasteiger partial charge in [0.2, 0.25) is 0 Å². The molecule has 0 amide bonds. The monoisotopic (exact) mass is 214 g/mol. The van der Waals surface area contributed by atoms with Gasteiger partial charge < -0.3 is 15.3 Å². The Bertz CT molecular complexity index is 322. The van der Waals surface area contributed by atoms with Gasteiger partial charge in [0.05, 0.1) is 17.4 Å². The van der Waals surface area contributed by atoms with E-state index in [9.17, 15) is 9.59 Å². The molecule has 0 aromatic rings. The molecule has 2 atom stereocenters. The molecule has 0 aromatic carbocycles. The summed E-state index contributed by atoms with van der Waals surface area (Å²) in [5.41, 5.74) is -2.57. The topological polar surface area (TPSA) is 94.8 Å². The molecule has 0 radical (unpaired) electrons. The van der Waals surface area contributed by atoms with Gasteiger partial charge in [-0.25, -0.2) is 0 Å². The third kappa shape index (κ3) is 1.87. The van der Waals surface area contributed by atoms with Crippen molar-refractivity contribution in [1.29, 1.82) is 0 Å². The molecule has 5 nitrogen and oxygen atoms in total. The Kier molecular flexibility index (Phi) is 2.86. The van der Waals surface area contributed by atoms with E-state index >= 15 is 0 Å². The number of carboxylic acid groups (broad SMARTS) is 2. The first-order valence-electron chi connectivity index (χ1n) is 4.62. The largest absolute Gasteiger partial charge is 0.481 e. The average Bonchev–Trinajstić information content (AvgIpc) is 2.17. The van der Waals surface area contributed by atoms with Gasteiger partial charge in [0.1, 0.15) is 0 Å². The van der Waals surface area contributed by atoms with E-state index in [4.69, 9.17) is 15.3 Å². The van der Waals surface area contributed by atoms with Gasteiger partial charge in [-0.05, 0) is 19.8 Å². The van der Waals surface area contributed by atoms with Crippen LogP contribution < -0.4 is 0 Å². The van der Waals surface area contributed by atoms with E-state index in [1.165, 1.54) is 19.1 Å². The predicted molar refractivity (Wildman–Crippen MR) is 51.3 cm³/mol. The standard InChI is InChI=1S/C10H14O5/c1-9(7(12)13)3-2-4-10(5-9,6-11)8(14)15/h2-3,11H,4-6H2,1H3,(H,12,13)(H,14,15). The van der Waals surface area contributed by atoms with E-state index in [0.29, 0.717) is 0 Å². The lowest BCUT2D eigenvalue weighted by atomic mass is 9.66. The molecule has 0 bridgehead atoms. The van der Waals surface area contributed by atoms with Crippen molar-refractivity contribution >= 4 is 11.9 Å². The molecule has 5 heteroatoms. The summed E-state index contributed by atoms with van der Waals surface area (Å²) >= 11 is 0. The van der Waals surface area contributed by atoms with E-state index in [0.717, 1.165) is 0 Å². The zero-order chi connectivity index (χ0) is 11.7. The van der Waals surface area contributed by atoms with Gasteiger partial charge in [-0.1, -0.05) is 12.2 Å². The van der Waals surface area contributed by atoms with E-state index < -0.39 is 29.4 Å². The first-order chi connectivity index (χ1) is 6.86. The van der Waals surface area contributed by atoms with Crippen LogP contribution >= 0.6 is 0 Å². The Hall–Kier alpha value is -1.36. The minimum atomic E-state index is -1.36. The van der Waals surface area contributed by atoms with Gasteiger partial charge in [0.25, 0.3) is 0 Å². The maximum atomic E-state index is 11.0. The molecular formula is C10H14O5. The molecule has 3 N–H and O–H groups in total. The number of aliphatic hydroxyl groups excluding tert-OH is 1. The summed E-state index contributed by atoms with van der Waals surface area (Å²) in [6.07, 6.45) is 3.09. The molecule has 1 aliphatic rings. The summed E-state index contributed by atoms with van der Waals surface area (Å²) in [7, 11) is 0. The van der Waals surface area contributed by atoms with Gasteiger partial charge in [0, 0.05) is 0 Å². The third-order valence-corrected chi connectivity index (χ3v) is 2.94. The second kappa shape index (κ2) is 3.66. The van der Waals surface area contributed by atoms with Crippen LogP contribution in [-0.2, 0) is 9.59 Å². The summed E-state index contributed by atoms with van der Waals surface area (Å²) in [5.74, 6) is -2.22. The summed E-state index contributed by atoms with van der Waals surface area (Å²) in [6, 6.07) is 0. The molecule has 0 saturated heterocycles. The highest BCUT2D eigenvalue weighted by Crippen LogP contribution is 2.42. The first-order valence-corrected chi connectivity index (χ1v) is 4.62. The molecule has 0 spiro atoms. The lowest BCUT2D eigenvalue weighted by Crippen LogP contribution is -2.44. The number of aliphatic hydroxyl groups is 1. The van der Waals surface area contributed by atoms with Crippen LogP contribution in [0.3, 0.4) is 0 Å². The molecule has 1 aliphatic carbocycles. The maximum absolute atomic E-state index is 11.0. The lowest BCUT2D eigenvalue weighted by molar-refractivity contribution is -0.158. The molecule has 1 rings (SSSR count). The second-order valence-corrected chi connectivity index (χ2v) is 4.25. The molecule has 0 fully saturated rings. The molecule has 0 aliphatic heterocycles. The Morgan fingerprint density at radius 2 is 1.93 bits per heavy atom. The van der Waals surface area contributed by atoms with Crippen molar-refractivity contribution in [2.24, 2.45) is 10.8 Å². The summed E-state index contributed by atoms with van der Waals surface area (Å²) in [6.45, 7) is 0.911. The number of rotatable bonds is 3. The number of allylic oxidation sites excluding steroid dienone is 1. The minimum Gasteiger partial charge on any atom is -0.481 e. The van der Waals surface area contributed by atoms with Crippen molar-refractivity contribution in [3.05, 3.63) is 12.2 Å². The van der Waals surface area contributed by atoms with Crippen LogP contribution in [-0.4, -0.2) is 33.9 Å². The Morgan fingerprint density at radius 1 is 1.33 bits per heavy atom. The molecule has 84 valence electrons. The molecule has 15 heavy (non-hydrogen) atoms. The summed E-state index contributed by atoms with van der Waals surface area (Å²) in [5, 5.41) is 27.1. The number of aliphatic carboxylic acids is 2. The Morgan fingerprint density at radius 3 is 2.33 bits per heavy atom. The average molecular weight is 214 g/mol. The van der Waals surface area contributed by atoms with Crippen LogP contribution in [0.15, 0.2) is 12.2 Å². The minimum absolute atomic E-state index is 0.0856. The number of hydrogen-bond donors (Lipinski definition) is 3.